The van der Waals surface area contributed by atoms with Crippen molar-refractivity contribution in [2.45, 2.75) is 6.61 Å². The molecule has 0 bridgehead atoms. The second kappa shape index (κ2) is 5.10. The summed E-state index contributed by atoms with van der Waals surface area (Å²) in [4.78, 5) is 7.28. The van der Waals surface area contributed by atoms with Crippen LogP contribution in [-0.4, -0.2) is 9.97 Å². The Bertz CT molecular complexity index is 609. The van der Waals surface area contributed by atoms with E-state index in [1.807, 2.05) is 6.07 Å². The molecule has 2 aromatic rings. The van der Waals surface area contributed by atoms with E-state index in [9.17, 15) is 4.39 Å². The molecule has 5 nitrogen and oxygen atoms in total. The van der Waals surface area contributed by atoms with Crippen LogP contribution in [0.3, 0.4) is 0 Å². The first kappa shape index (κ1) is 11.8. The van der Waals surface area contributed by atoms with Gasteiger partial charge >= 0.3 is 6.01 Å². The minimum Gasteiger partial charge on any atom is -0.459 e. The third-order valence-electron chi connectivity index (χ3n) is 2.17. The van der Waals surface area contributed by atoms with E-state index >= 15 is 0 Å². The summed E-state index contributed by atoms with van der Waals surface area (Å²) in [5.74, 6) is -0.945. The largest absolute Gasteiger partial charge is 0.459 e. The predicted octanol–water partition coefficient (Wildman–Crippen LogP) is 1.65. The van der Waals surface area contributed by atoms with E-state index < -0.39 is 5.82 Å². The molecule has 0 atom stereocenters. The maximum absolute atomic E-state index is 12.8. The van der Waals surface area contributed by atoms with Gasteiger partial charge in [-0.3, -0.25) is 0 Å². The highest BCUT2D eigenvalue weighted by molar-refractivity contribution is 5.33. The molecule has 6 heteroatoms. The fraction of sp³-hybridized carbons (Fsp3) is 0.0833. The summed E-state index contributed by atoms with van der Waals surface area (Å²) in [6.45, 7) is 0.181. The highest BCUT2D eigenvalue weighted by atomic mass is 19.1. The molecule has 0 radical (unpaired) electrons. The van der Waals surface area contributed by atoms with Gasteiger partial charge in [0.05, 0.1) is 17.8 Å². The van der Waals surface area contributed by atoms with Gasteiger partial charge in [0.1, 0.15) is 6.61 Å². The molecule has 0 aliphatic heterocycles. The van der Waals surface area contributed by atoms with Crippen LogP contribution in [0.5, 0.6) is 6.01 Å². The Labute approximate surface area is 103 Å². The van der Waals surface area contributed by atoms with Crippen LogP contribution in [0.25, 0.3) is 0 Å². The Morgan fingerprint density at radius 2 is 2.28 bits per heavy atom. The Morgan fingerprint density at radius 3 is 3.00 bits per heavy atom. The van der Waals surface area contributed by atoms with Gasteiger partial charge in [0.25, 0.3) is 0 Å². The van der Waals surface area contributed by atoms with Crippen molar-refractivity contribution in [1.82, 2.24) is 9.97 Å². The number of nitrogen functional groups attached to an aromatic ring is 1. The van der Waals surface area contributed by atoms with Gasteiger partial charge in [0.15, 0.2) is 11.6 Å². The minimum absolute atomic E-state index is 0.00346. The maximum Gasteiger partial charge on any atom is 0.318 e. The van der Waals surface area contributed by atoms with Crippen molar-refractivity contribution >= 4 is 5.82 Å². The topological polar surface area (TPSA) is 84.8 Å². The number of nitrogens with two attached hydrogens (primary N) is 1. The van der Waals surface area contributed by atoms with E-state index in [2.05, 4.69) is 9.97 Å². The van der Waals surface area contributed by atoms with E-state index in [-0.39, 0.29) is 18.4 Å². The van der Waals surface area contributed by atoms with Crippen LogP contribution in [0.15, 0.2) is 30.5 Å². The molecule has 0 saturated carbocycles. The number of aromatic nitrogens is 2. The van der Waals surface area contributed by atoms with E-state index in [1.54, 1.807) is 24.3 Å². The Morgan fingerprint density at radius 1 is 1.44 bits per heavy atom. The molecule has 1 aromatic heterocycles. The normalized spacial score (nSPS) is 9.78. The van der Waals surface area contributed by atoms with Crippen LogP contribution in [0, 0.1) is 17.1 Å². The highest BCUT2D eigenvalue weighted by Crippen LogP contribution is 2.12. The smallest absolute Gasteiger partial charge is 0.318 e. The van der Waals surface area contributed by atoms with Gasteiger partial charge < -0.3 is 10.5 Å². The molecule has 2 N–H and O–H groups in total. The molecule has 2 rings (SSSR count). The number of ether oxygens (including phenoxy) is 1. The lowest BCUT2D eigenvalue weighted by atomic mass is 10.1. The minimum atomic E-state index is -0.686. The zero-order valence-electron chi connectivity index (χ0n) is 9.30. The molecule has 0 fully saturated rings. The first-order valence-corrected chi connectivity index (χ1v) is 5.09. The Balaban J connectivity index is 2.07. The van der Waals surface area contributed by atoms with E-state index in [4.69, 9.17) is 15.7 Å². The molecule has 1 heterocycles. The lowest BCUT2D eigenvalue weighted by molar-refractivity contribution is 0.280. The number of benzene rings is 1. The van der Waals surface area contributed by atoms with E-state index in [1.165, 1.54) is 0 Å². The molecule has 18 heavy (non-hydrogen) atoms. The number of anilines is 1. The van der Waals surface area contributed by atoms with Crippen LogP contribution in [-0.2, 0) is 6.61 Å². The molecular weight excluding hydrogens is 235 g/mol. The first-order chi connectivity index (χ1) is 8.69. The van der Waals surface area contributed by atoms with Crippen molar-refractivity contribution in [2.24, 2.45) is 0 Å². The molecule has 1 aromatic carbocycles. The molecule has 0 saturated heterocycles. The quantitative estimate of drug-likeness (QED) is 0.887. The highest BCUT2D eigenvalue weighted by Gasteiger charge is 2.04. The second-order valence-electron chi connectivity index (χ2n) is 3.49. The summed E-state index contributed by atoms with van der Waals surface area (Å²) in [6.07, 6.45) is 0.948. The fourth-order valence-corrected chi connectivity index (χ4v) is 1.31. The van der Waals surface area contributed by atoms with Gasteiger partial charge in [0.2, 0.25) is 0 Å². The molecule has 0 spiro atoms. The number of halogens is 1. The van der Waals surface area contributed by atoms with Crippen molar-refractivity contribution < 1.29 is 9.13 Å². The predicted molar refractivity (Wildman–Crippen MR) is 61.9 cm³/mol. The summed E-state index contributed by atoms with van der Waals surface area (Å²) in [5, 5.41) is 8.74. The summed E-state index contributed by atoms with van der Waals surface area (Å²) in [7, 11) is 0. The molecule has 90 valence electrons. The fourth-order valence-electron chi connectivity index (χ4n) is 1.31. The first-order valence-electron chi connectivity index (χ1n) is 5.09. The standard InChI is InChI=1S/C12H9FN4O/c13-10-6-16-12(17-11(10)15)18-7-9-3-1-2-8(4-9)5-14/h1-4,6H,7H2,(H2,15,16,17). The van der Waals surface area contributed by atoms with Crippen LogP contribution >= 0.6 is 0 Å². The average molecular weight is 244 g/mol. The number of hydrogen-bond donors (Lipinski definition) is 1. The molecule has 0 aliphatic rings. The van der Waals surface area contributed by atoms with Gasteiger partial charge in [-0.2, -0.15) is 10.2 Å². The Kier molecular flexibility index (Phi) is 3.34. The van der Waals surface area contributed by atoms with Crippen LogP contribution in [0.1, 0.15) is 11.1 Å². The van der Waals surface area contributed by atoms with Gasteiger partial charge in [-0.25, -0.2) is 9.37 Å². The number of nitriles is 1. The zero-order chi connectivity index (χ0) is 13.0. The number of nitrogens with zero attached hydrogens (tertiary/aromatic N) is 3. The lowest BCUT2D eigenvalue weighted by Crippen LogP contribution is -2.03. The van der Waals surface area contributed by atoms with Gasteiger partial charge in [0, 0.05) is 0 Å². The van der Waals surface area contributed by atoms with Crippen LogP contribution < -0.4 is 10.5 Å². The number of hydrogen-bond acceptors (Lipinski definition) is 5. The zero-order valence-corrected chi connectivity index (χ0v) is 9.30. The van der Waals surface area contributed by atoms with Crippen molar-refractivity contribution in [3.05, 3.63) is 47.4 Å². The second-order valence-corrected chi connectivity index (χ2v) is 3.49. The van der Waals surface area contributed by atoms with Crippen LogP contribution in [0.2, 0.25) is 0 Å². The monoisotopic (exact) mass is 244 g/mol. The summed E-state index contributed by atoms with van der Waals surface area (Å²) >= 11 is 0. The molecule has 0 unspecified atom stereocenters. The summed E-state index contributed by atoms with van der Waals surface area (Å²) in [5.41, 5.74) is 6.62. The maximum atomic E-state index is 12.8. The Hall–Kier alpha value is -2.68. The third-order valence-corrected chi connectivity index (χ3v) is 2.17. The lowest BCUT2D eigenvalue weighted by Gasteiger charge is -2.05. The van der Waals surface area contributed by atoms with Gasteiger partial charge in [-0.1, -0.05) is 12.1 Å². The van der Waals surface area contributed by atoms with E-state index in [0.29, 0.717) is 5.56 Å². The van der Waals surface area contributed by atoms with Gasteiger partial charge in [-0.05, 0) is 17.7 Å². The average Bonchev–Trinajstić information content (AvgIpc) is 2.40. The van der Waals surface area contributed by atoms with Crippen LogP contribution in [0.4, 0.5) is 10.2 Å². The van der Waals surface area contributed by atoms with Crippen molar-refractivity contribution in [2.75, 3.05) is 5.73 Å². The number of rotatable bonds is 3. The van der Waals surface area contributed by atoms with Crippen molar-refractivity contribution in [1.29, 1.82) is 5.26 Å². The SMILES string of the molecule is N#Cc1cccc(COc2ncc(F)c(N)n2)c1. The molecular formula is C12H9FN4O. The third kappa shape index (κ3) is 2.71. The van der Waals surface area contributed by atoms with E-state index in [0.717, 1.165) is 11.8 Å². The van der Waals surface area contributed by atoms with Crippen molar-refractivity contribution in [3.63, 3.8) is 0 Å². The van der Waals surface area contributed by atoms with Crippen molar-refractivity contribution in [3.8, 4) is 12.1 Å². The van der Waals surface area contributed by atoms with Gasteiger partial charge in [-0.15, -0.1) is 0 Å². The summed E-state index contributed by atoms with van der Waals surface area (Å²) in [6, 6.07) is 8.95. The molecule has 0 aliphatic carbocycles. The molecule has 0 amide bonds. The summed E-state index contributed by atoms with van der Waals surface area (Å²) < 4.78 is 18.1.